The summed E-state index contributed by atoms with van der Waals surface area (Å²) in [6.07, 6.45) is 1.37. The fourth-order valence-electron chi connectivity index (χ4n) is 4.17. The summed E-state index contributed by atoms with van der Waals surface area (Å²) >= 11 is 0. The van der Waals surface area contributed by atoms with E-state index in [0.29, 0.717) is 60.3 Å². The predicted molar refractivity (Wildman–Crippen MR) is 139 cm³/mol. The quantitative estimate of drug-likeness (QED) is 0.335. The van der Waals surface area contributed by atoms with Crippen LogP contribution in [0.1, 0.15) is 32.4 Å². The lowest BCUT2D eigenvalue weighted by molar-refractivity contribution is -0.116. The topological polar surface area (TPSA) is 138 Å². The molecule has 0 spiro atoms. The summed E-state index contributed by atoms with van der Waals surface area (Å²) in [5.74, 6) is 1.13. The molecule has 0 atom stereocenters. The molecule has 0 unspecified atom stereocenters. The van der Waals surface area contributed by atoms with E-state index in [9.17, 15) is 14.4 Å². The van der Waals surface area contributed by atoms with Gasteiger partial charge in [0.2, 0.25) is 5.91 Å². The molecule has 37 heavy (non-hydrogen) atoms. The second kappa shape index (κ2) is 10.7. The van der Waals surface area contributed by atoms with Gasteiger partial charge >= 0.3 is 5.69 Å². The van der Waals surface area contributed by atoms with Crippen molar-refractivity contribution in [2.24, 2.45) is 0 Å². The first kappa shape index (κ1) is 25.7. The van der Waals surface area contributed by atoms with Crippen LogP contribution < -0.4 is 26.0 Å². The van der Waals surface area contributed by atoms with E-state index in [2.05, 4.69) is 20.4 Å². The summed E-state index contributed by atoms with van der Waals surface area (Å²) in [6, 6.07) is 6.87. The molecule has 0 saturated carbocycles. The third-order valence-electron chi connectivity index (χ3n) is 5.94. The fourth-order valence-corrected chi connectivity index (χ4v) is 4.17. The van der Waals surface area contributed by atoms with E-state index in [-0.39, 0.29) is 23.7 Å². The minimum absolute atomic E-state index is 0.0374. The highest BCUT2D eigenvalue weighted by Crippen LogP contribution is 2.29. The highest BCUT2D eigenvalue weighted by atomic mass is 16.5. The average Bonchev–Trinajstić information content (AvgIpc) is 3.48. The standard InChI is InChI=1S/C25H31N7O5/c1-6-10-30-23-21(24(34)31(11-7-2)25(30)35)27-22(28-23)17-12-15(3)32(29-17)14-20(33)26-16-8-9-18(36-4)19(13-16)37-5/h8-9,12-13H,6-7,10-11,14H2,1-5H3,(H,26,33)(H,27,28). The maximum Gasteiger partial charge on any atom is 0.332 e. The Balaban J connectivity index is 1.63. The number of carbonyl (C=O) groups is 1. The molecular formula is C25H31N7O5. The zero-order valence-electron chi connectivity index (χ0n) is 21.6. The largest absolute Gasteiger partial charge is 0.493 e. The molecule has 4 rings (SSSR count). The highest BCUT2D eigenvalue weighted by Gasteiger charge is 2.19. The molecule has 2 N–H and O–H groups in total. The Morgan fingerprint density at radius 2 is 1.73 bits per heavy atom. The number of hydrogen-bond acceptors (Lipinski definition) is 7. The summed E-state index contributed by atoms with van der Waals surface area (Å²) in [5, 5.41) is 7.35. The number of nitrogens with zero attached hydrogens (tertiary/aromatic N) is 5. The Morgan fingerprint density at radius 1 is 1.03 bits per heavy atom. The number of methoxy groups -OCH3 is 2. The minimum atomic E-state index is -0.404. The molecule has 12 nitrogen and oxygen atoms in total. The van der Waals surface area contributed by atoms with Crippen molar-refractivity contribution in [2.75, 3.05) is 19.5 Å². The fraction of sp³-hybridized carbons (Fsp3) is 0.400. The molecule has 196 valence electrons. The van der Waals surface area contributed by atoms with Gasteiger partial charge in [-0.05, 0) is 38.0 Å². The van der Waals surface area contributed by atoms with Gasteiger partial charge in [-0.3, -0.25) is 23.4 Å². The summed E-state index contributed by atoms with van der Waals surface area (Å²) in [7, 11) is 3.07. The van der Waals surface area contributed by atoms with Crippen LogP contribution in [0.2, 0.25) is 0 Å². The third kappa shape index (κ3) is 4.99. The van der Waals surface area contributed by atoms with Crippen molar-refractivity contribution in [2.45, 2.75) is 53.2 Å². The number of aromatic nitrogens is 6. The minimum Gasteiger partial charge on any atom is -0.493 e. The van der Waals surface area contributed by atoms with Gasteiger partial charge in [0.05, 0.1) is 14.2 Å². The van der Waals surface area contributed by atoms with Gasteiger partial charge in [-0.1, -0.05) is 13.8 Å². The zero-order valence-corrected chi connectivity index (χ0v) is 21.6. The summed E-state index contributed by atoms with van der Waals surface area (Å²) in [6.45, 7) is 6.42. The van der Waals surface area contributed by atoms with Gasteiger partial charge in [0.1, 0.15) is 17.8 Å². The molecule has 0 aliphatic carbocycles. The normalized spacial score (nSPS) is 11.2. The van der Waals surface area contributed by atoms with Crippen LogP contribution in [-0.4, -0.2) is 49.0 Å². The van der Waals surface area contributed by atoms with Gasteiger partial charge in [-0.25, -0.2) is 9.78 Å². The molecule has 0 radical (unpaired) electrons. The van der Waals surface area contributed by atoms with Crippen LogP contribution in [0.4, 0.5) is 5.69 Å². The second-order valence-corrected chi connectivity index (χ2v) is 8.62. The van der Waals surface area contributed by atoms with Gasteiger partial charge in [0.25, 0.3) is 5.56 Å². The molecule has 0 saturated heterocycles. The molecule has 3 aromatic heterocycles. The van der Waals surface area contributed by atoms with E-state index in [4.69, 9.17) is 9.47 Å². The number of benzene rings is 1. The molecule has 1 aromatic carbocycles. The Kier molecular flexibility index (Phi) is 7.46. The van der Waals surface area contributed by atoms with Gasteiger partial charge in [-0.2, -0.15) is 5.10 Å². The van der Waals surface area contributed by atoms with Crippen molar-refractivity contribution in [3.63, 3.8) is 0 Å². The lowest BCUT2D eigenvalue weighted by Crippen LogP contribution is -2.40. The smallest absolute Gasteiger partial charge is 0.332 e. The monoisotopic (exact) mass is 509 g/mol. The van der Waals surface area contributed by atoms with Gasteiger partial charge in [-0.15, -0.1) is 0 Å². The van der Waals surface area contributed by atoms with Gasteiger partial charge in [0, 0.05) is 30.5 Å². The molecule has 0 aliphatic rings. The number of anilines is 1. The predicted octanol–water partition coefficient (Wildman–Crippen LogP) is 2.53. The zero-order chi connectivity index (χ0) is 26.7. The average molecular weight is 510 g/mol. The van der Waals surface area contributed by atoms with E-state index in [1.54, 1.807) is 36.1 Å². The number of aromatic amines is 1. The molecule has 4 aromatic rings. The van der Waals surface area contributed by atoms with Crippen LogP contribution in [0, 0.1) is 6.92 Å². The van der Waals surface area contributed by atoms with Crippen LogP contribution >= 0.6 is 0 Å². The van der Waals surface area contributed by atoms with Crippen LogP contribution in [0.15, 0.2) is 33.9 Å². The first-order valence-electron chi connectivity index (χ1n) is 12.1. The number of fused-ring (bicyclic) bond motifs is 1. The second-order valence-electron chi connectivity index (χ2n) is 8.62. The number of carbonyl (C=O) groups excluding carboxylic acids is 1. The van der Waals surface area contributed by atoms with E-state index >= 15 is 0 Å². The van der Waals surface area contributed by atoms with Crippen LogP contribution in [0.25, 0.3) is 22.7 Å². The number of amides is 1. The number of H-pyrrole nitrogens is 1. The number of rotatable bonds is 10. The number of hydrogen-bond donors (Lipinski definition) is 2. The van der Waals surface area contributed by atoms with Crippen molar-refractivity contribution in [1.82, 2.24) is 28.9 Å². The third-order valence-corrected chi connectivity index (χ3v) is 5.94. The summed E-state index contributed by atoms with van der Waals surface area (Å²) in [4.78, 5) is 46.3. The van der Waals surface area contributed by atoms with Crippen molar-refractivity contribution in [1.29, 1.82) is 0 Å². The SMILES string of the molecule is CCCn1c(=O)c2[nH]c(-c3cc(C)n(CC(=O)Nc4ccc(OC)c(OC)c4)n3)nc2n(CCC)c1=O. The lowest BCUT2D eigenvalue weighted by atomic mass is 10.2. The van der Waals surface area contributed by atoms with Gasteiger partial charge < -0.3 is 19.8 Å². The molecule has 0 aliphatic heterocycles. The number of aryl methyl sites for hydroxylation is 2. The van der Waals surface area contributed by atoms with Crippen LogP contribution in [0.3, 0.4) is 0 Å². The molecule has 12 heteroatoms. The molecule has 0 bridgehead atoms. The van der Waals surface area contributed by atoms with E-state index in [1.807, 2.05) is 20.8 Å². The summed E-state index contributed by atoms with van der Waals surface area (Å²) in [5.41, 5.74) is 1.54. The van der Waals surface area contributed by atoms with E-state index in [0.717, 1.165) is 5.69 Å². The van der Waals surface area contributed by atoms with Crippen LogP contribution in [-0.2, 0) is 24.4 Å². The molecule has 3 heterocycles. The Labute approximate surface area is 212 Å². The lowest BCUT2D eigenvalue weighted by Gasteiger charge is -2.11. The Hall–Kier alpha value is -4.35. The van der Waals surface area contributed by atoms with E-state index < -0.39 is 5.56 Å². The van der Waals surface area contributed by atoms with Crippen molar-refractivity contribution < 1.29 is 14.3 Å². The number of ether oxygens (including phenoxy) is 2. The van der Waals surface area contributed by atoms with Crippen molar-refractivity contribution >= 4 is 22.8 Å². The molecule has 0 fully saturated rings. The van der Waals surface area contributed by atoms with Gasteiger partial charge in [0.15, 0.2) is 23.0 Å². The Bertz CT molecular complexity index is 1560. The molecular weight excluding hydrogens is 478 g/mol. The maximum absolute atomic E-state index is 13.0. The van der Waals surface area contributed by atoms with Crippen molar-refractivity contribution in [3.8, 4) is 23.0 Å². The first-order valence-corrected chi connectivity index (χ1v) is 12.1. The van der Waals surface area contributed by atoms with Crippen molar-refractivity contribution in [3.05, 3.63) is 50.8 Å². The van der Waals surface area contributed by atoms with Crippen LogP contribution in [0.5, 0.6) is 11.5 Å². The number of nitrogens with one attached hydrogen (secondary N) is 2. The Morgan fingerprint density at radius 3 is 2.41 bits per heavy atom. The number of imidazole rings is 1. The summed E-state index contributed by atoms with van der Waals surface area (Å²) < 4.78 is 14.8. The van der Waals surface area contributed by atoms with E-state index in [1.165, 1.54) is 16.2 Å². The maximum atomic E-state index is 13.0. The first-order chi connectivity index (χ1) is 17.8. The molecule has 1 amide bonds. The highest BCUT2D eigenvalue weighted by molar-refractivity contribution is 5.91.